The van der Waals surface area contributed by atoms with E-state index in [0.717, 1.165) is 0 Å². The van der Waals surface area contributed by atoms with Crippen LogP contribution in [0.4, 0.5) is 0 Å². The molecule has 1 aliphatic heterocycles. The minimum absolute atomic E-state index is 0.111. The van der Waals surface area contributed by atoms with Gasteiger partial charge in [0.15, 0.2) is 0 Å². The van der Waals surface area contributed by atoms with E-state index in [4.69, 9.17) is 4.74 Å². The van der Waals surface area contributed by atoms with Crippen LogP contribution in [0, 0.1) is 0 Å². The molecule has 1 atom stereocenters. The number of hydrogen-bond donors (Lipinski definition) is 0. The first-order chi connectivity index (χ1) is 4.34. The lowest BCUT2D eigenvalue weighted by Gasteiger charge is -2.03. The number of rotatable bonds is 2. The maximum atomic E-state index is 4.89. The van der Waals surface area contributed by atoms with E-state index in [-0.39, 0.29) is 6.10 Å². The zero-order chi connectivity index (χ0) is 6.69. The van der Waals surface area contributed by atoms with Gasteiger partial charge in [-0.3, -0.25) is 0 Å². The van der Waals surface area contributed by atoms with E-state index in [1.165, 1.54) is 0 Å². The van der Waals surface area contributed by atoms with E-state index in [1.807, 2.05) is 6.92 Å². The van der Waals surface area contributed by atoms with Crippen molar-refractivity contribution in [3.63, 3.8) is 0 Å². The van der Waals surface area contributed by atoms with Gasteiger partial charge >= 0.3 is 0 Å². The van der Waals surface area contributed by atoms with Crippen LogP contribution in [0.2, 0.25) is 0 Å². The first-order valence-corrected chi connectivity index (χ1v) is 2.56. The second kappa shape index (κ2) is 2.54. The topological polar surface area (TPSA) is 60.4 Å². The average Bonchev–Trinajstić information content (AvgIpc) is 2.37. The predicted octanol–water partition coefficient (Wildman–Crippen LogP) is 0.320. The molecule has 0 N–H and O–H groups in total. The molecule has 1 aliphatic rings. The number of amidine groups is 1. The van der Waals surface area contributed by atoms with Crippen LogP contribution in [-0.4, -0.2) is 19.0 Å². The summed E-state index contributed by atoms with van der Waals surface area (Å²) in [4.78, 5) is 0. The lowest BCUT2D eigenvalue weighted by molar-refractivity contribution is 0.168. The molecule has 0 amide bonds. The van der Waals surface area contributed by atoms with Gasteiger partial charge in [0.05, 0.1) is 0 Å². The summed E-state index contributed by atoms with van der Waals surface area (Å²) in [5.74, 6) is 0.525. The van der Waals surface area contributed by atoms with Crippen LogP contribution in [0.25, 0.3) is 0 Å². The van der Waals surface area contributed by atoms with Crippen molar-refractivity contribution in [1.82, 2.24) is 5.43 Å². The molecule has 0 aromatic heterocycles. The van der Waals surface area contributed by atoms with Gasteiger partial charge in [-0.25, -0.2) is 0 Å². The van der Waals surface area contributed by atoms with E-state index in [9.17, 15) is 0 Å². The highest BCUT2D eigenvalue weighted by Gasteiger charge is 2.13. The van der Waals surface area contributed by atoms with Crippen LogP contribution in [0.15, 0.2) is 15.5 Å². The normalized spacial score (nSPS) is 19.1. The minimum atomic E-state index is -0.111. The number of nitrogens with zero attached hydrogens (tertiary/aromatic N) is 4. The highest BCUT2D eigenvalue weighted by molar-refractivity contribution is 5.85. The molecule has 1 radical (unpaired) electrons. The van der Waals surface area contributed by atoms with Gasteiger partial charge in [0.1, 0.15) is 6.10 Å². The second-order valence-corrected chi connectivity index (χ2v) is 1.62. The van der Waals surface area contributed by atoms with Crippen molar-refractivity contribution in [2.45, 2.75) is 13.0 Å². The van der Waals surface area contributed by atoms with Gasteiger partial charge in [0.2, 0.25) is 5.84 Å². The summed E-state index contributed by atoms with van der Waals surface area (Å²) in [6.07, 6.45) is -0.111. The number of methoxy groups -OCH3 is 1. The summed E-state index contributed by atoms with van der Waals surface area (Å²) in [5, 5.41) is 10.2. The maximum absolute atomic E-state index is 4.89. The Hall–Kier alpha value is -0.970. The SMILES string of the molecule is COC(C)C1=NN=N[N]1. The van der Waals surface area contributed by atoms with Crippen molar-refractivity contribution < 1.29 is 4.74 Å². The molecule has 0 aromatic rings. The van der Waals surface area contributed by atoms with Gasteiger partial charge in [-0.2, -0.15) is 0 Å². The fourth-order valence-electron chi connectivity index (χ4n) is 0.420. The van der Waals surface area contributed by atoms with Crippen LogP contribution in [-0.2, 0) is 4.74 Å². The molecule has 0 spiro atoms. The molecule has 9 heavy (non-hydrogen) atoms. The summed E-state index contributed by atoms with van der Waals surface area (Å²) in [5.41, 5.74) is 3.59. The first kappa shape index (κ1) is 6.15. The predicted molar refractivity (Wildman–Crippen MR) is 30.9 cm³/mol. The lowest BCUT2D eigenvalue weighted by atomic mass is 10.4. The van der Waals surface area contributed by atoms with Crippen LogP contribution >= 0.6 is 0 Å². The van der Waals surface area contributed by atoms with Crippen molar-refractivity contribution in [1.29, 1.82) is 0 Å². The van der Waals surface area contributed by atoms with Gasteiger partial charge in [-0.05, 0) is 17.4 Å². The zero-order valence-corrected chi connectivity index (χ0v) is 5.27. The highest BCUT2D eigenvalue weighted by atomic mass is 16.5. The molecule has 0 saturated heterocycles. The van der Waals surface area contributed by atoms with Crippen LogP contribution in [0.1, 0.15) is 6.92 Å². The standard InChI is InChI=1S/C4H7N4O/c1-3(9-2)4-5-7-8-6-4/h3H,1-2H3. The molecule has 0 saturated carbocycles. The third-order valence-corrected chi connectivity index (χ3v) is 1.05. The zero-order valence-electron chi connectivity index (χ0n) is 5.27. The Morgan fingerprint density at radius 1 is 1.44 bits per heavy atom. The molecule has 49 valence electrons. The van der Waals surface area contributed by atoms with Crippen LogP contribution in [0.3, 0.4) is 0 Å². The monoisotopic (exact) mass is 127 g/mol. The Morgan fingerprint density at radius 3 is 2.67 bits per heavy atom. The molecule has 0 aromatic carbocycles. The summed E-state index contributed by atoms with van der Waals surface area (Å²) in [7, 11) is 1.58. The third kappa shape index (κ3) is 1.23. The molecule has 1 heterocycles. The molecule has 1 rings (SSSR count). The van der Waals surface area contributed by atoms with E-state index in [2.05, 4.69) is 21.0 Å². The van der Waals surface area contributed by atoms with Crippen molar-refractivity contribution in [3.8, 4) is 0 Å². The summed E-state index contributed by atoms with van der Waals surface area (Å²) in [6, 6.07) is 0. The average molecular weight is 127 g/mol. The van der Waals surface area contributed by atoms with Crippen LogP contribution in [0.5, 0.6) is 0 Å². The lowest BCUT2D eigenvalue weighted by Crippen LogP contribution is -2.23. The molecule has 0 bridgehead atoms. The smallest absolute Gasteiger partial charge is 0.205 e. The molecule has 1 unspecified atom stereocenters. The van der Waals surface area contributed by atoms with E-state index in [0.29, 0.717) is 5.84 Å². The van der Waals surface area contributed by atoms with Gasteiger partial charge < -0.3 is 4.74 Å². The Labute approximate surface area is 52.8 Å². The van der Waals surface area contributed by atoms with Crippen molar-refractivity contribution in [3.05, 3.63) is 0 Å². The Morgan fingerprint density at radius 2 is 2.22 bits per heavy atom. The first-order valence-electron chi connectivity index (χ1n) is 2.56. The van der Waals surface area contributed by atoms with E-state index in [1.54, 1.807) is 7.11 Å². The number of hydrogen-bond acceptors (Lipinski definition) is 4. The highest BCUT2D eigenvalue weighted by Crippen LogP contribution is 1.97. The van der Waals surface area contributed by atoms with Gasteiger partial charge in [-0.1, -0.05) is 0 Å². The molecule has 5 nitrogen and oxygen atoms in total. The van der Waals surface area contributed by atoms with Gasteiger partial charge in [0, 0.05) is 7.11 Å². The molecular formula is C4H7N4O. The van der Waals surface area contributed by atoms with Crippen molar-refractivity contribution in [2.24, 2.45) is 15.5 Å². The van der Waals surface area contributed by atoms with Crippen molar-refractivity contribution in [2.75, 3.05) is 7.11 Å². The van der Waals surface area contributed by atoms with Gasteiger partial charge in [-0.15, -0.1) is 10.5 Å². The Balaban J connectivity index is 2.45. The number of ether oxygens (including phenoxy) is 1. The van der Waals surface area contributed by atoms with Crippen molar-refractivity contribution >= 4 is 5.84 Å². The summed E-state index contributed by atoms with van der Waals surface area (Å²) >= 11 is 0. The largest absolute Gasteiger partial charge is 0.374 e. The molecular weight excluding hydrogens is 120 g/mol. The quantitative estimate of drug-likeness (QED) is 0.527. The second-order valence-electron chi connectivity index (χ2n) is 1.62. The van der Waals surface area contributed by atoms with Crippen LogP contribution < -0.4 is 5.43 Å². The minimum Gasteiger partial charge on any atom is -0.374 e. The maximum Gasteiger partial charge on any atom is 0.205 e. The Bertz CT molecular complexity index is 153. The summed E-state index contributed by atoms with van der Waals surface area (Å²) in [6.45, 7) is 1.83. The molecule has 5 heteroatoms. The third-order valence-electron chi connectivity index (χ3n) is 1.05. The van der Waals surface area contributed by atoms with E-state index >= 15 is 0 Å². The fraction of sp³-hybridized carbons (Fsp3) is 0.750. The molecule has 0 aliphatic carbocycles. The fourth-order valence-corrected chi connectivity index (χ4v) is 0.420. The van der Waals surface area contributed by atoms with Gasteiger partial charge in [0.25, 0.3) is 0 Å². The summed E-state index contributed by atoms with van der Waals surface area (Å²) < 4.78 is 4.89. The van der Waals surface area contributed by atoms with E-state index < -0.39 is 0 Å². The Kier molecular flexibility index (Phi) is 1.74. The molecule has 0 fully saturated rings.